The summed E-state index contributed by atoms with van der Waals surface area (Å²) >= 11 is 0. The lowest BCUT2D eigenvalue weighted by Gasteiger charge is -2.12. The van der Waals surface area contributed by atoms with Crippen molar-refractivity contribution in [2.75, 3.05) is 0 Å². The lowest BCUT2D eigenvalue weighted by molar-refractivity contribution is 0.0676. The average Bonchev–Trinajstić information content (AvgIpc) is 2.72. The summed E-state index contributed by atoms with van der Waals surface area (Å²) < 4.78 is 0. The van der Waals surface area contributed by atoms with Crippen LogP contribution in [-0.2, 0) is 0 Å². The zero-order valence-electron chi connectivity index (χ0n) is 16.1. The van der Waals surface area contributed by atoms with Gasteiger partial charge in [-0.15, -0.1) is 0 Å². The monoisotopic (exact) mass is 420 g/mol. The third-order valence-electron chi connectivity index (χ3n) is 4.72. The van der Waals surface area contributed by atoms with Gasteiger partial charge < -0.3 is 20.4 Å². The summed E-state index contributed by atoms with van der Waals surface area (Å²) in [5.74, 6) is -5.04. The highest BCUT2D eigenvalue weighted by Crippen LogP contribution is 2.31. The molecule has 156 valence electrons. The molecule has 4 N–H and O–H groups in total. The van der Waals surface area contributed by atoms with E-state index in [2.05, 4.69) is 0 Å². The molecule has 3 rings (SSSR count). The summed E-state index contributed by atoms with van der Waals surface area (Å²) in [4.78, 5) is 45.4. The van der Waals surface area contributed by atoms with Gasteiger partial charge in [-0.2, -0.15) is 0 Å². The van der Waals surface area contributed by atoms with Gasteiger partial charge >= 0.3 is 23.9 Å². The first-order valence-electron chi connectivity index (χ1n) is 8.91. The van der Waals surface area contributed by atoms with Gasteiger partial charge in [0.1, 0.15) is 0 Å². The second kappa shape index (κ2) is 8.11. The largest absolute Gasteiger partial charge is 0.478 e. The zero-order chi connectivity index (χ0) is 22.9. The van der Waals surface area contributed by atoms with Gasteiger partial charge in [-0.25, -0.2) is 19.2 Å². The molecule has 0 aromatic heterocycles. The smallest absolute Gasteiger partial charge is 0.335 e. The highest BCUT2D eigenvalue weighted by molar-refractivity contribution is 5.97. The molecular formula is C23H16O8. The minimum Gasteiger partial charge on any atom is -0.478 e. The fourth-order valence-electron chi connectivity index (χ4n) is 3.24. The Morgan fingerprint density at radius 3 is 1.26 bits per heavy atom. The van der Waals surface area contributed by atoms with Crippen LogP contribution < -0.4 is 0 Å². The maximum Gasteiger partial charge on any atom is 0.335 e. The van der Waals surface area contributed by atoms with Gasteiger partial charge in [-0.05, 0) is 71.1 Å². The van der Waals surface area contributed by atoms with Crippen LogP contribution >= 0.6 is 0 Å². The van der Waals surface area contributed by atoms with E-state index in [1.165, 1.54) is 24.3 Å². The molecule has 8 nitrogen and oxygen atoms in total. The Kier molecular flexibility index (Phi) is 5.56. The fraction of sp³-hybridized carbons (Fsp3) is 0.0435. The van der Waals surface area contributed by atoms with Crippen LogP contribution in [0.25, 0.3) is 22.3 Å². The van der Waals surface area contributed by atoms with Crippen LogP contribution in [0, 0.1) is 6.92 Å². The van der Waals surface area contributed by atoms with E-state index >= 15 is 0 Å². The Morgan fingerprint density at radius 1 is 0.516 bits per heavy atom. The van der Waals surface area contributed by atoms with Crippen molar-refractivity contribution < 1.29 is 39.6 Å². The van der Waals surface area contributed by atoms with Crippen molar-refractivity contribution in [3.63, 3.8) is 0 Å². The molecule has 0 amide bonds. The van der Waals surface area contributed by atoms with Crippen molar-refractivity contribution in [3.8, 4) is 22.3 Å². The third-order valence-corrected chi connectivity index (χ3v) is 4.72. The topological polar surface area (TPSA) is 149 Å². The predicted molar refractivity (Wildman–Crippen MR) is 110 cm³/mol. The first kappa shape index (κ1) is 21.3. The molecule has 0 aliphatic rings. The fourth-order valence-corrected chi connectivity index (χ4v) is 3.24. The molecule has 0 spiro atoms. The number of hydrogen-bond acceptors (Lipinski definition) is 4. The van der Waals surface area contributed by atoms with Crippen LogP contribution in [0.1, 0.15) is 47.0 Å². The van der Waals surface area contributed by atoms with E-state index in [4.69, 9.17) is 0 Å². The summed E-state index contributed by atoms with van der Waals surface area (Å²) in [6, 6.07) is 12.6. The van der Waals surface area contributed by atoms with E-state index in [-0.39, 0.29) is 22.3 Å². The van der Waals surface area contributed by atoms with Crippen LogP contribution in [0.4, 0.5) is 0 Å². The number of aromatic carboxylic acids is 4. The zero-order valence-corrected chi connectivity index (χ0v) is 16.1. The highest BCUT2D eigenvalue weighted by atomic mass is 16.4. The first-order chi connectivity index (χ1) is 14.6. The van der Waals surface area contributed by atoms with Crippen LogP contribution in [0.2, 0.25) is 0 Å². The Bertz CT molecular complexity index is 1190. The minimum absolute atomic E-state index is 0.168. The van der Waals surface area contributed by atoms with Crippen molar-refractivity contribution in [2.24, 2.45) is 0 Å². The SMILES string of the molecule is Cc1cc(-c2cc(C(=O)O)cc(C(=O)O)c2)ccc1-c1cc(C(=O)O)cc(C(=O)O)c1. The van der Waals surface area contributed by atoms with E-state index in [0.717, 1.165) is 12.1 Å². The van der Waals surface area contributed by atoms with E-state index < -0.39 is 23.9 Å². The Balaban J connectivity index is 2.13. The molecule has 0 aliphatic heterocycles. The number of carboxylic acid groups (broad SMARTS) is 4. The van der Waals surface area contributed by atoms with Crippen molar-refractivity contribution in [1.82, 2.24) is 0 Å². The van der Waals surface area contributed by atoms with Gasteiger partial charge in [-0.1, -0.05) is 18.2 Å². The molecule has 0 radical (unpaired) electrons. The Hall–Kier alpha value is -4.46. The number of rotatable bonds is 6. The van der Waals surface area contributed by atoms with Gasteiger partial charge in [0.2, 0.25) is 0 Å². The number of aryl methyl sites for hydroxylation is 1. The second-order valence-corrected chi connectivity index (χ2v) is 6.85. The van der Waals surface area contributed by atoms with Gasteiger partial charge in [0, 0.05) is 0 Å². The molecule has 0 saturated carbocycles. The van der Waals surface area contributed by atoms with Gasteiger partial charge in [0.15, 0.2) is 0 Å². The number of carboxylic acids is 4. The van der Waals surface area contributed by atoms with Gasteiger partial charge in [0.25, 0.3) is 0 Å². The summed E-state index contributed by atoms with van der Waals surface area (Å²) in [6.07, 6.45) is 0. The quantitative estimate of drug-likeness (QED) is 0.465. The van der Waals surface area contributed by atoms with Crippen molar-refractivity contribution in [2.45, 2.75) is 6.92 Å². The average molecular weight is 420 g/mol. The first-order valence-corrected chi connectivity index (χ1v) is 8.91. The van der Waals surface area contributed by atoms with Crippen molar-refractivity contribution in [3.05, 3.63) is 82.4 Å². The minimum atomic E-state index is -1.26. The Morgan fingerprint density at radius 2 is 0.903 bits per heavy atom. The Labute approximate surface area is 175 Å². The molecule has 0 atom stereocenters. The van der Waals surface area contributed by atoms with E-state index in [1.54, 1.807) is 25.1 Å². The van der Waals surface area contributed by atoms with Crippen LogP contribution in [0.5, 0.6) is 0 Å². The molecule has 3 aromatic rings. The molecule has 0 fully saturated rings. The third kappa shape index (κ3) is 4.43. The van der Waals surface area contributed by atoms with Crippen molar-refractivity contribution in [1.29, 1.82) is 0 Å². The van der Waals surface area contributed by atoms with E-state index in [1.807, 2.05) is 0 Å². The van der Waals surface area contributed by atoms with E-state index in [0.29, 0.717) is 27.8 Å². The standard InChI is InChI=1S/C23H16O8/c1-11-4-12(13-5-15(20(24)25)9-16(6-13)21(26)27)2-3-19(11)14-7-17(22(28)29)10-18(8-14)23(30)31/h2-10H,1H3,(H,24,25)(H,26,27)(H,28,29)(H,30,31). The summed E-state index contributed by atoms with van der Waals surface area (Å²) in [5.41, 5.74) is 1.91. The predicted octanol–water partition coefficient (Wildman–Crippen LogP) is 4.12. The summed E-state index contributed by atoms with van der Waals surface area (Å²) in [6.45, 7) is 1.73. The number of carbonyl (C=O) groups is 4. The summed E-state index contributed by atoms with van der Waals surface area (Å²) in [5, 5.41) is 37.1. The summed E-state index contributed by atoms with van der Waals surface area (Å²) in [7, 11) is 0. The van der Waals surface area contributed by atoms with Gasteiger partial charge in [-0.3, -0.25) is 0 Å². The highest BCUT2D eigenvalue weighted by Gasteiger charge is 2.16. The maximum absolute atomic E-state index is 11.4. The normalized spacial score (nSPS) is 10.5. The lowest BCUT2D eigenvalue weighted by Crippen LogP contribution is -2.03. The molecular weight excluding hydrogens is 404 g/mol. The second-order valence-electron chi connectivity index (χ2n) is 6.85. The molecule has 0 unspecified atom stereocenters. The molecule has 31 heavy (non-hydrogen) atoms. The van der Waals surface area contributed by atoms with Gasteiger partial charge in [0.05, 0.1) is 22.3 Å². The molecule has 0 saturated heterocycles. The molecule has 0 bridgehead atoms. The van der Waals surface area contributed by atoms with Crippen molar-refractivity contribution >= 4 is 23.9 Å². The van der Waals surface area contributed by atoms with Crippen LogP contribution in [0.15, 0.2) is 54.6 Å². The molecule has 8 heteroatoms. The number of benzene rings is 3. The molecule has 0 heterocycles. The van der Waals surface area contributed by atoms with Crippen LogP contribution in [-0.4, -0.2) is 44.3 Å². The molecule has 3 aromatic carbocycles. The number of hydrogen-bond donors (Lipinski definition) is 4. The van der Waals surface area contributed by atoms with Crippen LogP contribution in [0.3, 0.4) is 0 Å². The van der Waals surface area contributed by atoms with E-state index in [9.17, 15) is 39.6 Å². The lowest BCUT2D eigenvalue weighted by atomic mass is 9.92. The maximum atomic E-state index is 11.4. The molecule has 0 aliphatic carbocycles.